The Bertz CT molecular complexity index is 412. The molecule has 6 heteroatoms. The predicted molar refractivity (Wildman–Crippen MR) is 67.3 cm³/mol. The van der Waals surface area contributed by atoms with E-state index >= 15 is 0 Å². The van der Waals surface area contributed by atoms with Crippen molar-refractivity contribution in [3.63, 3.8) is 0 Å². The summed E-state index contributed by atoms with van der Waals surface area (Å²) in [4.78, 5) is 11.8. The van der Waals surface area contributed by atoms with Crippen molar-refractivity contribution in [3.05, 3.63) is 34.1 Å². The van der Waals surface area contributed by atoms with Crippen LogP contribution in [0.4, 0.5) is 15.8 Å². The first kappa shape index (κ1) is 14.4. The normalized spacial score (nSPS) is 10.4. The van der Waals surface area contributed by atoms with Crippen molar-refractivity contribution in [2.45, 2.75) is 19.3 Å². The highest BCUT2D eigenvalue weighted by atomic mass is 19.1. The van der Waals surface area contributed by atoms with Gasteiger partial charge in [-0.1, -0.05) is 6.07 Å². The number of unbranched alkanes of at least 4 members (excludes halogenated alkanes) is 2. The Morgan fingerprint density at radius 1 is 1.39 bits per heavy atom. The van der Waals surface area contributed by atoms with E-state index in [-0.39, 0.29) is 12.3 Å². The van der Waals surface area contributed by atoms with Gasteiger partial charge in [0, 0.05) is 20.2 Å². The summed E-state index contributed by atoms with van der Waals surface area (Å²) < 4.78 is 13.4. The van der Waals surface area contributed by atoms with Gasteiger partial charge in [0.1, 0.15) is 5.69 Å². The maximum atomic E-state index is 13.4. The second kappa shape index (κ2) is 6.90. The molecule has 0 heterocycles. The monoisotopic (exact) mass is 256 g/mol. The van der Waals surface area contributed by atoms with Crippen LogP contribution >= 0.6 is 0 Å². The lowest BCUT2D eigenvalue weighted by atomic mass is 10.2. The van der Waals surface area contributed by atoms with Crippen molar-refractivity contribution >= 4 is 11.4 Å². The van der Waals surface area contributed by atoms with E-state index in [4.69, 9.17) is 5.11 Å². The summed E-state index contributed by atoms with van der Waals surface area (Å²) >= 11 is 0. The SMILES string of the molecule is CN(CCCCCO)c1cccc(F)c1[N+](=O)[O-]. The third-order valence-electron chi connectivity index (χ3n) is 2.71. The molecule has 1 aromatic rings. The molecule has 0 spiro atoms. The van der Waals surface area contributed by atoms with Gasteiger partial charge in [-0.05, 0) is 31.4 Å². The highest BCUT2D eigenvalue weighted by molar-refractivity contribution is 5.63. The molecule has 0 aliphatic carbocycles. The molecule has 0 aliphatic rings. The van der Waals surface area contributed by atoms with E-state index in [2.05, 4.69) is 0 Å². The molecule has 0 saturated carbocycles. The summed E-state index contributed by atoms with van der Waals surface area (Å²) in [7, 11) is 1.70. The van der Waals surface area contributed by atoms with Crippen LogP contribution in [0.2, 0.25) is 0 Å². The zero-order chi connectivity index (χ0) is 13.5. The van der Waals surface area contributed by atoms with Crippen LogP contribution in [0.25, 0.3) is 0 Å². The van der Waals surface area contributed by atoms with Gasteiger partial charge in [-0.15, -0.1) is 0 Å². The summed E-state index contributed by atoms with van der Waals surface area (Å²) in [5.41, 5.74) is -0.203. The van der Waals surface area contributed by atoms with Gasteiger partial charge >= 0.3 is 5.69 Å². The average Bonchev–Trinajstić information content (AvgIpc) is 2.33. The molecule has 18 heavy (non-hydrogen) atoms. The fourth-order valence-electron chi connectivity index (χ4n) is 1.75. The molecule has 1 rings (SSSR count). The lowest BCUT2D eigenvalue weighted by Crippen LogP contribution is -2.20. The van der Waals surface area contributed by atoms with Crippen molar-refractivity contribution in [3.8, 4) is 0 Å². The van der Waals surface area contributed by atoms with Crippen LogP contribution in [-0.4, -0.2) is 30.2 Å². The summed E-state index contributed by atoms with van der Waals surface area (Å²) in [6, 6.07) is 4.08. The summed E-state index contributed by atoms with van der Waals surface area (Å²) in [6.07, 6.45) is 2.34. The van der Waals surface area contributed by atoms with E-state index < -0.39 is 16.4 Å². The number of nitro benzene ring substituents is 1. The Morgan fingerprint density at radius 3 is 2.72 bits per heavy atom. The molecule has 1 aromatic carbocycles. The zero-order valence-electron chi connectivity index (χ0n) is 10.3. The third-order valence-corrected chi connectivity index (χ3v) is 2.71. The highest BCUT2D eigenvalue weighted by Crippen LogP contribution is 2.29. The maximum Gasteiger partial charge on any atom is 0.327 e. The van der Waals surface area contributed by atoms with Crippen LogP contribution in [0.3, 0.4) is 0 Å². The van der Waals surface area contributed by atoms with Gasteiger partial charge in [-0.25, -0.2) is 0 Å². The van der Waals surface area contributed by atoms with E-state index in [1.54, 1.807) is 11.9 Å². The number of aliphatic hydroxyl groups excluding tert-OH is 1. The number of para-hydroxylation sites is 1. The van der Waals surface area contributed by atoms with Crippen molar-refractivity contribution < 1.29 is 14.4 Å². The van der Waals surface area contributed by atoms with E-state index in [0.717, 1.165) is 18.9 Å². The first-order valence-corrected chi connectivity index (χ1v) is 5.83. The quantitative estimate of drug-likeness (QED) is 0.462. The maximum absolute atomic E-state index is 13.4. The number of halogens is 1. The minimum Gasteiger partial charge on any atom is -0.396 e. The van der Waals surface area contributed by atoms with Gasteiger partial charge in [-0.2, -0.15) is 4.39 Å². The number of hydrogen-bond acceptors (Lipinski definition) is 4. The van der Waals surface area contributed by atoms with Crippen molar-refractivity contribution in [2.75, 3.05) is 25.1 Å². The third kappa shape index (κ3) is 3.66. The number of benzene rings is 1. The Balaban J connectivity index is 2.76. The van der Waals surface area contributed by atoms with Gasteiger partial charge < -0.3 is 10.0 Å². The number of aliphatic hydroxyl groups is 1. The molecule has 5 nitrogen and oxygen atoms in total. The number of nitrogens with zero attached hydrogens (tertiary/aromatic N) is 2. The van der Waals surface area contributed by atoms with Crippen LogP contribution in [0.1, 0.15) is 19.3 Å². The molecule has 0 fully saturated rings. The number of hydrogen-bond donors (Lipinski definition) is 1. The highest BCUT2D eigenvalue weighted by Gasteiger charge is 2.21. The van der Waals surface area contributed by atoms with Crippen molar-refractivity contribution in [1.29, 1.82) is 0 Å². The summed E-state index contributed by atoms with van der Waals surface area (Å²) in [5.74, 6) is -0.820. The Labute approximate surface area is 105 Å². The largest absolute Gasteiger partial charge is 0.396 e. The molecule has 100 valence electrons. The summed E-state index contributed by atoms with van der Waals surface area (Å²) in [6.45, 7) is 0.730. The molecular weight excluding hydrogens is 239 g/mol. The van der Waals surface area contributed by atoms with E-state index in [0.29, 0.717) is 13.0 Å². The smallest absolute Gasteiger partial charge is 0.327 e. The van der Waals surface area contributed by atoms with Crippen LogP contribution in [0.5, 0.6) is 0 Å². The van der Waals surface area contributed by atoms with Gasteiger partial charge in [-0.3, -0.25) is 10.1 Å². The number of nitro groups is 1. The molecule has 0 atom stereocenters. The number of anilines is 1. The molecular formula is C12H17FN2O3. The minimum atomic E-state index is -0.820. The van der Waals surface area contributed by atoms with Crippen LogP contribution in [-0.2, 0) is 0 Å². The standard InChI is InChI=1S/C12H17FN2O3/c1-14(8-3-2-4-9-16)11-7-5-6-10(13)12(11)15(17)18/h5-7,16H,2-4,8-9H2,1H3. The fraction of sp³-hybridized carbons (Fsp3) is 0.500. The molecule has 0 aliphatic heterocycles. The van der Waals surface area contributed by atoms with E-state index in [1.165, 1.54) is 12.1 Å². The second-order valence-corrected chi connectivity index (χ2v) is 4.07. The Morgan fingerprint density at radius 2 is 2.11 bits per heavy atom. The number of rotatable bonds is 7. The van der Waals surface area contributed by atoms with E-state index in [9.17, 15) is 14.5 Å². The van der Waals surface area contributed by atoms with E-state index in [1.807, 2.05) is 0 Å². The molecule has 0 saturated heterocycles. The predicted octanol–water partition coefficient (Wildman–Crippen LogP) is 2.33. The Kier molecular flexibility index (Phi) is 5.51. The average molecular weight is 256 g/mol. The second-order valence-electron chi connectivity index (χ2n) is 4.07. The van der Waals surface area contributed by atoms with Crippen molar-refractivity contribution in [1.82, 2.24) is 0 Å². The zero-order valence-corrected chi connectivity index (χ0v) is 10.3. The van der Waals surface area contributed by atoms with Crippen molar-refractivity contribution in [2.24, 2.45) is 0 Å². The van der Waals surface area contributed by atoms with Crippen LogP contribution < -0.4 is 4.90 Å². The van der Waals surface area contributed by atoms with Gasteiger partial charge in [0.2, 0.25) is 5.82 Å². The molecule has 0 amide bonds. The molecule has 0 aromatic heterocycles. The van der Waals surface area contributed by atoms with Gasteiger partial charge in [0.05, 0.1) is 4.92 Å². The molecule has 0 unspecified atom stereocenters. The Hall–Kier alpha value is -1.69. The first-order valence-electron chi connectivity index (χ1n) is 5.83. The van der Waals surface area contributed by atoms with Gasteiger partial charge in [0.25, 0.3) is 0 Å². The van der Waals surface area contributed by atoms with Crippen LogP contribution in [0.15, 0.2) is 18.2 Å². The lowest BCUT2D eigenvalue weighted by Gasteiger charge is -2.19. The fourth-order valence-corrected chi connectivity index (χ4v) is 1.75. The summed E-state index contributed by atoms with van der Waals surface area (Å²) in [5, 5.41) is 19.5. The minimum absolute atomic E-state index is 0.143. The molecule has 0 bridgehead atoms. The topological polar surface area (TPSA) is 66.6 Å². The van der Waals surface area contributed by atoms with Crippen LogP contribution in [0, 0.1) is 15.9 Å². The molecule has 1 N–H and O–H groups in total. The first-order chi connectivity index (χ1) is 8.57. The lowest BCUT2D eigenvalue weighted by molar-refractivity contribution is -0.386. The van der Waals surface area contributed by atoms with Gasteiger partial charge in [0.15, 0.2) is 0 Å². The molecule has 0 radical (unpaired) electrons.